The molecule has 2 aliphatic rings. The Balaban J connectivity index is 2.01. The van der Waals surface area contributed by atoms with Gasteiger partial charge in [0, 0.05) is 24.5 Å². The Hall–Kier alpha value is -0.570. The average molecular weight is 266 g/mol. The van der Waals surface area contributed by atoms with Crippen molar-refractivity contribution in [2.45, 2.75) is 71.4 Å². The second-order valence-corrected chi connectivity index (χ2v) is 6.90. The van der Waals surface area contributed by atoms with E-state index in [4.69, 9.17) is 0 Å². The van der Waals surface area contributed by atoms with E-state index in [9.17, 15) is 4.79 Å². The first-order chi connectivity index (χ1) is 9.08. The van der Waals surface area contributed by atoms with Crippen molar-refractivity contribution < 1.29 is 4.79 Å². The Morgan fingerprint density at radius 1 is 1.26 bits per heavy atom. The molecule has 1 saturated carbocycles. The van der Waals surface area contributed by atoms with E-state index >= 15 is 0 Å². The third-order valence-electron chi connectivity index (χ3n) is 4.58. The monoisotopic (exact) mass is 266 g/mol. The molecular weight excluding hydrogens is 236 g/mol. The Morgan fingerprint density at radius 2 is 1.95 bits per heavy atom. The predicted octanol–water partition coefficient (Wildman–Crippen LogP) is 2.80. The molecule has 3 heteroatoms. The van der Waals surface area contributed by atoms with Crippen LogP contribution in [0.2, 0.25) is 0 Å². The van der Waals surface area contributed by atoms with Gasteiger partial charge in [-0.1, -0.05) is 26.7 Å². The number of amides is 1. The lowest BCUT2D eigenvalue weighted by atomic mass is 9.91. The highest BCUT2D eigenvalue weighted by molar-refractivity contribution is 5.79. The van der Waals surface area contributed by atoms with E-state index in [2.05, 4.69) is 31.0 Å². The maximum atomic E-state index is 12.9. The highest BCUT2D eigenvalue weighted by Gasteiger charge is 2.33. The summed E-state index contributed by atoms with van der Waals surface area (Å²) in [5.74, 6) is 1.27. The molecule has 19 heavy (non-hydrogen) atoms. The molecule has 0 aromatic carbocycles. The van der Waals surface area contributed by atoms with Crippen LogP contribution in [0.15, 0.2) is 0 Å². The van der Waals surface area contributed by atoms with Crippen LogP contribution >= 0.6 is 0 Å². The van der Waals surface area contributed by atoms with Crippen molar-refractivity contribution in [3.05, 3.63) is 0 Å². The van der Waals surface area contributed by atoms with Crippen LogP contribution in [0, 0.1) is 11.8 Å². The number of carbonyl (C=O) groups is 1. The molecule has 0 aromatic rings. The zero-order chi connectivity index (χ0) is 13.8. The largest absolute Gasteiger partial charge is 0.339 e. The lowest BCUT2D eigenvalue weighted by Crippen LogP contribution is -2.48. The van der Waals surface area contributed by atoms with Gasteiger partial charge in [0.25, 0.3) is 0 Å². The highest BCUT2D eigenvalue weighted by atomic mass is 16.2. The number of carbonyl (C=O) groups excluding carboxylic acids is 1. The molecule has 1 aliphatic heterocycles. The van der Waals surface area contributed by atoms with Crippen LogP contribution in [0.3, 0.4) is 0 Å². The Morgan fingerprint density at radius 3 is 2.53 bits per heavy atom. The average Bonchev–Trinajstić information content (AvgIpc) is 2.88. The standard InChI is InChI=1S/C16H30N2O/c1-12(2)11-18(15-6-4-5-7-15)16(19)14-8-9-17-13(3)10-14/h12-15,17H,4-11H2,1-3H3. The van der Waals surface area contributed by atoms with Gasteiger partial charge in [0.2, 0.25) is 5.91 Å². The molecule has 0 radical (unpaired) electrons. The maximum absolute atomic E-state index is 12.9. The molecule has 1 N–H and O–H groups in total. The summed E-state index contributed by atoms with van der Waals surface area (Å²) < 4.78 is 0. The van der Waals surface area contributed by atoms with Crippen molar-refractivity contribution >= 4 is 5.91 Å². The van der Waals surface area contributed by atoms with Crippen molar-refractivity contribution in [3.63, 3.8) is 0 Å². The minimum atomic E-state index is 0.260. The van der Waals surface area contributed by atoms with Crippen LogP contribution in [0.1, 0.15) is 59.3 Å². The van der Waals surface area contributed by atoms with E-state index < -0.39 is 0 Å². The highest BCUT2D eigenvalue weighted by Crippen LogP contribution is 2.28. The molecule has 1 aliphatic carbocycles. The SMILES string of the molecule is CC(C)CN(C(=O)C1CCNC(C)C1)C1CCCC1. The van der Waals surface area contributed by atoms with Crippen LogP contribution in [-0.2, 0) is 4.79 Å². The van der Waals surface area contributed by atoms with Crippen molar-refractivity contribution in [2.24, 2.45) is 11.8 Å². The van der Waals surface area contributed by atoms with Crippen LogP contribution in [0.5, 0.6) is 0 Å². The van der Waals surface area contributed by atoms with E-state index in [1.54, 1.807) is 0 Å². The summed E-state index contributed by atoms with van der Waals surface area (Å²) >= 11 is 0. The summed E-state index contributed by atoms with van der Waals surface area (Å²) in [6.45, 7) is 8.59. The molecule has 0 bridgehead atoms. The van der Waals surface area contributed by atoms with Crippen LogP contribution < -0.4 is 5.32 Å². The zero-order valence-electron chi connectivity index (χ0n) is 12.8. The van der Waals surface area contributed by atoms with E-state index in [0.717, 1.165) is 25.9 Å². The molecule has 2 unspecified atom stereocenters. The number of hydrogen-bond donors (Lipinski definition) is 1. The fraction of sp³-hybridized carbons (Fsp3) is 0.938. The van der Waals surface area contributed by atoms with Gasteiger partial charge in [0.1, 0.15) is 0 Å². The van der Waals surface area contributed by atoms with Crippen LogP contribution in [-0.4, -0.2) is 36.0 Å². The van der Waals surface area contributed by atoms with Gasteiger partial charge in [0.05, 0.1) is 0 Å². The fourth-order valence-electron chi connectivity index (χ4n) is 3.62. The minimum Gasteiger partial charge on any atom is -0.339 e. The molecule has 2 fully saturated rings. The van der Waals surface area contributed by atoms with E-state index in [1.807, 2.05) is 0 Å². The fourth-order valence-corrected chi connectivity index (χ4v) is 3.62. The molecule has 110 valence electrons. The van der Waals surface area contributed by atoms with Crippen LogP contribution in [0.25, 0.3) is 0 Å². The molecule has 2 rings (SSSR count). The molecule has 1 amide bonds. The predicted molar refractivity (Wildman–Crippen MR) is 79.0 cm³/mol. The summed E-state index contributed by atoms with van der Waals surface area (Å²) in [7, 11) is 0. The van der Waals surface area contributed by atoms with Gasteiger partial charge >= 0.3 is 0 Å². The molecule has 3 nitrogen and oxygen atoms in total. The van der Waals surface area contributed by atoms with Crippen molar-refractivity contribution in [2.75, 3.05) is 13.1 Å². The van der Waals surface area contributed by atoms with E-state index in [1.165, 1.54) is 25.7 Å². The summed E-state index contributed by atoms with van der Waals surface area (Å²) in [5.41, 5.74) is 0. The second kappa shape index (κ2) is 6.74. The van der Waals surface area contributed by atoms with E-state index in [-0.39, 0.29) is 5.92 Å². The number of nitrogens with one attached hydrogen (secondary N) is 1. The van der Waals surface area contributed by atoms with Gasteiger partial charge in [-0.25, -0.2) is 0 Å². The summed E-state index contributed by atoms with van der Waals surface area (Å²) in [4.78, 5) is 15.1. The minimum absolute atomic E-state index is 0.260. The molecule has 1 heterocycles. The molecule has 0 aromatic heterocycles. The van der Waals surface area contributed by atoms with E-state index in [0.29, 0.717) is 23.9 Å². The number of hydrogen-bond acceptors (Lipinski definition) is 2. The quantitative estimate of drug-likeness (QED) is 0.848. The molecule has 0 spiro atoms. The first kappa shape index (κ1) is 14.8. The van der Waals surface area contributed by atoms with Gasteiger partial charge in [-0.2, -0.15) is 0 Å². The summed E-state index contributed by atoms with van der Waals surface area (Å²) in [5, 5.41) is 3.45. The van der Waals surface area contributed by atoms with Crippen LogP contribution in [0.4, 0.5) is 0 Å². The van der Waals surface area contributed by atoms with Gasteiger partial charge in [-0.3, -0.25) is 4.79 Å². The lowest BCUT2D eigenvalue weighted by molar-refractivity contribution is -0.139. The molecular formula is C16H30N2O. The van der Waals surface area contributed by atoms with Crippen molar-refractivity contribution in [1.29, 1.82) is 0 Å². The smallest absolute Gasteiger partial charge is 0.226 e. The molecule has 2 atom stereocenters. The summed E-state index contributed by atoms with van der Waals surface area (Å²) in [6.07, 6.45) is 7.08. The van der Waals surface area contributed by atoms with Gasteiger partial charge in [-0.05, 0) is 45.1 Å². The Bertz CT molecular complexity index is 297. The Labute approximate surface area is 118 Å². The number of rotatable bonds is 4. The van der Waals surface area contributed by atoms with Crippen molar-refractivity contribution in [1.82, 2.24) is 10.2 Å². The first-order valence-corrected chi connectivity index (χ1v) is 8.11. The van der Waals surface area contributed by atoms with Gasteiger partial charge in [0.15, 0.2) is 0 Å². The normalized spacial score (nSPS) is 28.8. The maximum Gasteiger partial charge on any atom is 0.226 e. The summed E-state index contributed by atoms with van der Waals surface area (Å²) in [6, 6.07) is 1.02. The number of nitrogens with zero attached hydrogens (tertiary/aromatic N) is 1. The Kier molecular flexibility index (Phi) is 5.26. The molecule has 1 saturated heterocycles. The number of piperidine rings is 1. The van der Waals surface area contributed by atoms with Gasteiger partial charge in [-0.15, -0.1) is 0 Å². The first-order valence-electron chi connectivity index (χ1n) is 8.11. The van der Waals surface area contributed by atoms with Crippen molar-refractivity contribution in [3.8, 4) is 0 Å². The third-order valence-corrected chi connectivity index (χ3v) is 4.58. The second-order valence-electron chi connectivity index (χ2n) is 6.90. The topological polar surface area (TPSA) is 32.3 Å². The van der Waals surface area contributed by atoms with Gasteiger partial charge < -0.3 is 10.2 Å². The lowest BCUT2D eigenvalue weighted by Gasteiger charge is -2.36. The third kappa shape index (κ3) is 3.95. The zero-order valence-corrected chi connectivity index (χ0v) is 12.8.